The second-order valence-electron chi connectivity index (χ2n) is 4.19. The van der Waals surface area contributed by atoms with Crippen molar-refractivity contribution in [2.24, 2.45) is 5.73 Å². The van der Waals surface area contributed by atoms with Crippen molar-refractivity contribution in [3.63, 3.8) is 0 Å². The van der Waals surface area contributed by atoms with Crippen LogP contribution in [0.1, 0.15) is 11.1 Å². The molecule has 0 aromatic heterocycles. The van der Waals surface area contributed by atoms with Gasteiger partial charge in [-0.15, -0.1) is 0 Å². The minimum Gasteiger partial charge on any atom is -0.389 e. The molecule has 0 atom stereocenters. The molecule has 0 bridgehead atoms. The van der Waals surface area contributed by atoms with Gasteiger partial charge in [0.15, 0.2) is 0 Å². The van der Waals surface area contributed by atoms with Crippen molar-refractivity contribution in [2.75, 3.05) is 5.32 Å². The minimum atomic E-state index is -4.47. The third kappa shape index (κ3) is 3.46. The van der Waals surface area contributed by atoms with Crippen LogP contribution in [0.4, 0.5) is 24.5 Å². The molecule has 2 rings (SSSR count). The molecule has 0 radical (unpaired) electrons. The molecular formula is C14H10ClF3N2S. The van der Waals surface area contributed by atoms with E-state index in [1.807, 2.05) is 0 Å². The molecule has 2 aromatic carbocycles. The molecule has 3 N–H and O–H groups in total. The summed E-state index contributed by atoms with van der Waals surface area (Å²) < 4.78 is 38.9. The summed E-state index contributed by atoms with van der Waals surface area (Å²) in [4.78, 5) is 0.00703. The van der Waals surface area contributed by atoms with Gasteiger partial charge in [0.1, 0.15) is 4.99 Å². The first-order chi connectivity index (χ1) is 9.80. The molecule has 0 spiro atoms. The standard InChI is InChI=1S/C14H10ClF3N2S/c15-9-5-3-7-11(12(9)13(19)21)20-10-6-2-1-4-8(10)14(16,17)18/h1-7,20H,(H2,19,21). The Kier molecular flexibility index (Phi) is 4.39. The van der Waals surface area contributed by atoms with Gasteiger partial charge >= 0.3 is 6.18 Å². The highest BCUT2D eigenvalue weighted by atomic mass is 35.5. The largest absolute Gasteiger partial charge is 0.418 e. The minimum absolute atomic E-state index is 0.00703. The lowest BCUT2D eigenvalue weighted by molar-refractivity contribution is -0.136. The molecule has 7 heteroatoms. The fourth-order valence-corrected chi connectivity index (χ4v) is 2.42. The molecular weight excluding hydrogens is 321 g/mol. The zero-order chi connectivity index (χ0) is 15.6. The van der Waals surface area contributed by atoms with E-state index in [-0.39, 0.29) is 15.7 Å². The van der Waals surface area contributed by atoms with Crippen molar-refractivity contribution in [1.29, 1.82) is 0 Å². The molecule has 0 heterocycles. The Balaban J connectivity index is 2.50. The average molecular weight is 331 g/mol. The van der Waals surface area contributed by atoms with Gasteiger partial charge in [-0.2, -0.15) is 13.2 Å². The summed E-state index contributed by atoms with van der Waals surface area (Å²) in [6.45, 7) is 0. The zero-order valence-corrected chi connectivity index (χ0v) is 12.1. The van der Waals surface area contributed by atoms with E-state index in [1.165, 1.54) is 18.2 Å². The Morgan fingerprint density at radius 1 is 1.05 bits per heavy atom. The van der Waals surface area contributed by atoms with Crippen LogP contribution in [0, 0.1) is 0 Å². The summed E-state index contributed by atoms with van der Waals surface area (Å²) in [6, 6.07) is 9.87. The van der Waals surface area contributed by atoms with Crippen molar-refractivity contribution in [1.82, 2.24) is 0 Å². The van der Waals surface area contributed by atoms with Gasteiger partial charge in [0, 0.05) is 0 Å². The van der Waals surface area contributed by atoms with Crippen LogP contribution in [0.25, 0.3) is 0 Å². The maximum absolute atomic E-state index is 13.0. The fraction of sp³-hybridized carbons (Fsp3) is 0.0714. The number of rotatable bonds is 3. The summed E-state index contributed by atoms with van der Waals surface area (Å²) in [7, 11) is 0. The van der Waals surface area contributed by atoms with Gasteiger partial charge in [0.05, 0.1) is 27.5 Å². The van der Waals surface area contributed by atoms with Crippen LogP contribution in [-0.2, 0) is 6.18 Å². The number of halogens is 4. The number of benzene rings is 2. The van der Waals surface area contributed by atoms with Gasteiger partial charge in [0.2, 0.25) is 0 Å². The Hall–Kier alpha value is -1.79. The molecule has 0 unspecified atom stereocenters. The monoisotopic (exact) mass is 330 g/mol. The summed E-state index contributed by atoms with van der Waals surface area (Å²) in [6.07, 6.45) is -4.47. The van der Waals surface area contributed by atoms with Gasteiger partial charge in [-0.25, -0.2) is 0 Å². The van der Waals surface area contributed by atoms with E-state index in [0.29, 0.717) is 11.3 Å². The number of hydrogen-bond donors (Lipinski definition) is 2. The topological polar surface area (TPSA) is 38.0 Å². The van der Waals surface area contributed by atoms with Crippen LogP contribution in [0.2, 0.25) is 5.02 Å². The molecule has 110 valence electrons. The molecule has 0 aliphatic carbocycles. The number of nitrogens with two attached hydrogens (primary N) is 1. The lowest BCUT2D eigenvalue weighted by Gasteiger charge is -2.17. The SMILES string of the molecule is NC(=S)c1c(Cl)cccc1Nc1ccccc1C(F)(F)F. The van der Waals surface area contributed by atoms with Crippen LogP contribution in [0.5, 0.6) is 0 Å². The molecule has 0 saturated heterocycles. The third-order valence-electron chi connectivity index (χ3n) is 2.76. The van der Waals surface area contributed by atoms with Gasteiger partial charge in [0.25, 0.3) is 0 Å². The van der Waals surface area contributed by atoms with E-state index in [0.717, 1.165) is 6.07 Å². The first-order valence-electron chi connectivity index (χ1n) is 5.82. The first-order valence-corrected chi connectivity index (χ1v) is 6.61. The molecule has 0 saturated carbocycles. The maximum Gasteiger partial charge on any atom is 0.418 e. The van der Waals surface area contributed by atoms with Gasteiger partial charge in [-0.3, -0.25) is 0 Å². The quantitative estimate of drug-likeness (QED) is 0.798. The van der Waals surface area contributed by atoms with Gasteiger partial charge in [-0.05, 0) is 24.3 Å². The van der Waals surface area contributed by atoms with Crippen molar-refractivity contribution in [2.45, 2.75) is 6.18 Å². The van der Waals surface area contributed by atoms with E-state index >= 15 is 0 Å². The van der Waals surface area contributed by atoms with Crippen LogP contribution in [-0.4, -0.2) is 4.99 Å². The van der Waals surface area contributed by atoms with E-state index in [4.69, 9.17) is 29.6 Å². The number of hydrogen-bond acceptors (Lipinski definition) is 2. The van der Waals surface area contributed by atoms with Crippen LogP contribution in [0.3, 0.4) is 0 Å². The zero-order valence-electron chi connectivity index (χ0n) is 10.5. The first kappa shape index (κ1) is 15.6. The fourth-order valence-electron chi connectivity index (χ4n) is 1.86. The van der Waals surface area contributed by atoms with Crippen molar-refractivity contribution < 1.29 is 13.2 Å². The lowest BCUT2D eigenvalue weighted by atomic mass is 10.1. The molecule has 2 aromatic rings. The van der Waals surface area contributed by atoms with Crippen molar-refractivity contribution in [3.8, 4) is 0 Å². The maximum atomic E-state index is 13.0. The Bertz CT molecular complexity index is 686. The Morgan fingerprint density at radius 3 is 2.29 bits per heavy atom. The normalized spacial score (nSPS) is 11.2. The van der Waals surface area contributed by atoms with Crippen LogP contribution >= 0.6 is 23.8 Å². The second kappa shape index (κ2) is 5.91. The molecule has 0 aliphatic heterocycles. The highest BCUT2D eigenvalue weighted by Crippen LogP contribution is 2.37. The van der Waals surface area contributed by atoms with E-state index < -0.39 is 11.7 Å². The summed E-state index contributed by atoms with van der Waals surface area (Å²) in [5.74, 6) is 0. The summed E-state index contributed by atoms with van der Waals surface area (Å²) in [5, 5.41) is 2.97. The predicted octanol–water partition coefficient (Wildman–Crippen LogP) is 4.74. The number of anilines is 2. The van der Waals surface area contributed by atoms with Crippen LogP contribution < -0.4 is 11.1 Å². The van der Waals surface area contributed by atoms with E-state index in [9.17, 15) is 13.2 Å². The smallest absolute Gasteiger partial charge is 0.389 e. The summed E-state index contributed by atoms with van der Waals surface area (Å²) in [5.41, 5.74) is 5.34. The Labute approximate surface area is 129 Å². The molecule has 21 heavy (non-hydrogen) atoms. The third-order valence-corrected chi connectivity index (χ3v) is 3.28. The number of thiocarbonyl (C=S) groups is 1. The molecule has 0 amide bonds. The highest BCUT2D eigenvalue weighted by molar-refractivity contribution is 7.80. The van der Waals surface area contributed by atoms with E-state index in [2.05, 4.69) is 5.32 Å². The van der Waals surface area contributed by atoms with Crippen molar-refractivity contribution >= 4 is 40.2 Å². The lowest BCUT2D eigenvalue weighted by Crippen LogP contribution is -2.14. The summed E-state index contributed by atoms with van der Waals surface area (Å²) >= 11 is 10.9. The molecule has 2 nitrogen and oxygen atoms in total. The average Bonchev–Trinajstić information content (AvgIpc) is 2.37. The molecule has 0 aliphatic rings. The highest BCUT2D eigenvalue weighted by Gasteiger charge is 2.33. The Morgan fingerprint density at radius 2 is 1.67 bits per heavy atom. The second-order valence-corrected chi connectivity index (χ2v) is 5.04. The van der Waals surface area contributed by atoms with Gasteiger partial charge < -0.3 is 11.1 Å². The number of nitrogens with one attached hydrogen (secondary N) is 1. The van der Waals surface area contributed by atoms with E-state index in [1.54, 1.807) is 18.2 Å². The molecule has 0 fully saturated rings. The predicted molar refractivity (Wildman–Crippen MR) is 82.1 cm³/mol. The number of para-hydroxylation sites is 1. The van der Waals surface area contributed by atoms with Gasteiger partial charge in [-0.1, -0.05) is 42.0 Å². The number of alkyl halides is 3. The van der Waals surface area contributed by atoms with Crippen molar-refractivity contribution in [3.05, 3.63) is 58.6 Å². The van der Waals surface area contributed by atoms with Crippen LogP contribution in [0.15, 0.2) is 42.5 Å².